The van der Waals surface area contributed by atoms with Gasteiger partial charge in [0, 0.05) is 29.8 Å². The Morgan fingerprint density at radius 3 is 2.79 bits per heavy atom. The molecule has 1 aromatic carbocycles. The largest absolute Gasteiger partial charge is 0.497 e. The van der Waals surface area contributed by atoms with Gasteiger partial charge in [-0.1, -0.05) is 0 Å². The van der Waals surface area contributed by atoms with Gasteiger partial charge in [0.1, 0.15) is 11.8 Å². The van der Waals surface area contributed by atoms with E-state index in [0.29, 0.717) is 10.6 Å². The number of carboxylic acid groups (broad SMARTS) is 2. The first kappa shape index (κ1) is 19.8. The van der Waals surface area contributed by atoms with Crippen molar-refractivity contribution in [2.45, 2.75) is 18.9 Å². The standard InChI is InChI=1S/C18H16N2O6S2/c1-26-10-2-3-11-9(8-19-12(11)7-10)6-14-16(23)20(18(27)28-14)13(17(24)25)4-5-15(21)22/h2-3,6-8,13,23H,4-5H2,1H3,(H,21,22)(H,24,25)/t13-/m0/s1. The minimum Gasteiger partial charge on any atom is -0.497 e. The molecule has 0 spiro atoms. The van der Waals surface area contributed by atoms with Gasteiger partial charge in [-0.2, -0.15) is 0 Å². The van der Waals surface area contributed by atoms with Crippen LogP contribution in [0.4, 0.5) is 5.69 Å². The number of aromatic nitrogens is 1. The Balaban J connectivity index is 1.98. The average molecular weight is 420 g/mol. The van der Waals surface area contributed by atoms with Crippen LogP contribution < -0.4 is 4.74 Å². The zero-order valence-corrected chi connectivity index (χ0v) is 16.3. The average Bonchev–Trinajstić information content (AvgIpc) is 3.16. The quantitative estimate of drug-likeness (QED) is 0.583. The first-order chi connectivity index (χ1) is 13.3. The zero-order chi connectivity index (χ0) is 20.4. The monoisotopic (exact) mass is 420 g/mol. The van der Waals surface area contributed by atoms with Crippen molar-refractivity contribution >= 4 is 59.0 Å². The molecule has 28 heavy (non-hydrogen) atoms. The number of carbonyl (C=O) groups is 2. The van der Waals surface area contributed by atoms with Gasteiger partial charge in [-0.3, -0.25) is 14.4 Å². The maximum absolute atomic E-state index is 11.6. The highest BCUT2D eigenvalue weighted by Crippen LogP contribution is 2.39. The van der Waals surface area contributed by atoms with E-state index in [0.717, 1.165) is 32.7 Å². The van der Waals surface area contributed by atoms with E-state index in [1.807, 2.05) is 6.07 Å². The first-order valence-electron chi connectivity index (χ1n) is 8.15. The summed E-state index contributed by atoms with van der Waals surface area (Å²) in [5.74, 6) is -2.02. The Labute approximate surface area is 168 Å². The summed E-state index contributed by atoms with van der Waals surface area (Å²) in [5.41, 5.74) is 2.29. The smallest absolute Gasteiger partial charge is 0.326 e. The molecule has 3 N–H and O–H groups in total. The lowest BCUT2D eigenvalue weighted by molar-refractivity contribution is -0.142. The lowest BCUT2D eigenvalue weighted by Crippen LogP contribution is -2.20. The van der Waals surface area contributed by atoms with Crippen molar-refractivity contribution in [1.82, 2.24) is 4.57 Å². The molecular formula is C18H16N2O6S2. The van der Waals surface area contributed by atoms with Crippen LogP contribution in [0.2, 0.25) is 0 Å². The fraction of sp³-hybridized carbons (Fsp3) is 0.222. The SMILES string of the molecule is COc1ccc2c(c1)N=CC2=Cc1sc(=S)n([C@@H](CCC(=O)O)C(=O)O)c1O. The van der Waals surface area contributed by atoms with Gasteiger partial charge < -0.3 is 20.1 Å². The molecule has 8 nitrogen and oxygen atoms in total. The maximum atomic E-state index is 11.6. The van der Waals surface area contributed by atoms with E-state index in [1.165, 1.54) is 0 Å². The van der Waals surface area contributed by atoms with Crippen LogP contribution in [0, 0.1) is 3.95 Å². The van der Waals surface area contributed by atoms with Crippen molar-refractivity contribution in [1.29, 1.82) is 0 Å². The number of benzene rings is 1. The molecule has 1 aliphatic heterocycles. The Bertz CT molecular complexity index is 1070. The molecule has 0 aliphatic carbocycles. The maximum Gasteiger partial charge on any atom is 0.326 e. The van der Waals surface area contributed by atoms with Crippen molar-refractivity contribution in [2.75, 3.05) is 7.11 Å². The number of allylic oxidation sites excluding steroid dienone is 1. The lowest BCUT2D eigenvalue weighted by Gasteiger charge is -2.14. The Kier molecular flexibility index (Phi) is 5.61. The molecule has 10 heteroatoms. The van der Waals surface area contributed by atoms with Gasteiger partial charge in [0.05, 0.1) is 17.7 Å². The molecule has 0 fully saturated rings. The number of rotatable bonds is 7. The minimum absolute atomic E-state index is 0.145. The van der Waals surface area contributed by atoms with Gasteiger partial charge in [0.25, 0.3) is 0 Å². The van der Waals surface area contributed by atoms with Crippen molar-refractivity contribution in [2.24, 2.45) is 4.99 Å². The fourth-order valence-corrected chi connectivity index (χ4v) is 4.20. The fourth-order valence-electron chi connectivity index (χ4n) is 2.84. The van der Waals surface area contributed by atoms with Crippen molar-refractivity contribution in [3.05, 3.63) is 32.6 Å². The third-order valence-corrected chi connectivity index (χ3v) is 5.55. The molecule has 1 aromatic heterocycles. The molecule has 0 unspecified atom stereocenters. The second-order valence-electron chi connectivity index (χ2n) is 5.95. The molecule has 2 heterocycles. The molecule has 0 bridgehead atoms. The summed E-state index contributed by atoms with van der Waals surface area (Å²) in [6.45, 7) is 0. The van der Waals surface area contributed by atoms with E-state index in [4.69, 9.17) is 22.1 Å². The predicted octanol–water partition coefficient (Wildman–Crippen LogP) is 3.74. The lowest BCUT2D eigenvalue weighted by atomic mass is 10.1. The van der Waals surface area contributed by atoms with Crippen LogP contribution in [0.5, 0.6) is 11.6 Å². The van der Waals surface area contributed by atoms with E-state index in [1.54, 1.807) is 31.5 Å². The van der Waals surface area contributed by atoms with Gasteiger partial charge in [-0.25, -0.2) is 4.79 Å². The Morgan fingerprint density at radius 2 is 2.14 bits per heavy atom. The molecule has 0 saturated carbocycles. The molecule has 1 aliphatic rings. The van der Waals surface area contributed by atoms with Crippen LogP contribution in [0.1, 0.15) is 29.3 Å². The predicted molar refractivity (Wildman–Crippen MR) is 107 cm³/mol. The molecular weight excluding hydrogens is 404 g/mol. The highest BCUT2D eigenvalue weighted by Gasteiger charge is 2.26. The highest BCUT2D eigenvalue weighted by atomic mass is 32.1. The number of aliphatic imine (C=N–C) groups is 1. The number of methoxy groups -OCH3 is 1. The highest BCUT2D eigenvalue weighted by molar-refractivity contribution is 7.73. The van der Waals surface area contributed by atoms with Crippen LogP contribution >= 0.6 is 23.6 Å². The van der Waals surface area contributed by atoms with Gasteiger partial charge in [-0.15, -0.1) is 11.3 Å². The van der Waals surface area contributed by atoms with Crippen molar-refractivity contribution in [3.8, 4) is 11.6 Å². The van der Waals surface area contributed by atoms with E-state index in [2.05, 4.69) is 4.99 Å². The summed E-state index contributed by atoms with van der Waals surface area (Å²) in [6.07, 6.45) is 2.76. The third-order valence-electron chi connectivity index (χ3n) is 4.22. The number of hydrogen-bond acceptors (Lipinski definition) is 7. The Hall–Kier alpha value is -2.98. The normalized spacial score (nSPS) is 14.8. The minimum atomic E-state index is -1.26. The molecule has 146 valence electrons. The number of fused-ring (bicyclic) bond motifs is 1. The third kappa shape index (κ3) is 3.82. The summed E-state index contributed by atoms with van der Waals surface area (Å²) in [5, 5.41) is 28.9. The number of aromatic hydroxyl groups is 1. The number of thiazole rings is 1. The summed E-state index contributed by atoms with van der Waals surface area (Å²) >= 11 is 6.26. The van der Waals surface area contributed by atoms with E-state index < -0.39 is 18.0 Å². The van der Waals surface area contributed by atoms with E-state index >= 15 is 0 Å². The number of aliphatic carboxylic acids is 2. The van der Waals surface area contributed by atoms with Crippen LogP contribution in [-0.2, 0) is 9.59 Å². The van der Waals surface area contributed by atoms with Gasteiger partial charge in [0.15, 0.2) is 3.95 Å². The summed E-state index contributed by atoms with van der Waals surface area (Å²) < 4.78 is 6.40. The molecule has 1 atom stereocenters. The first-order valence-corrected chi connectivity index (χ1v) is 9.37. The van der Waals surface area contributed by atoms with Crippen LogP contribution in [-0.4, -0.2) is 45.1 Å². The molecule has 0 radical (unpaired) electrons. The second-order valence-corrected chi connectivity index (χ2v) is 7.63. The van der Waals surface area contributed by atoms with Crippen molar-refractivity contribution in [3.63, 3.8) is 0 Å². The molecule has 2 aromatic rings. The topological polar surface area (TPSA) is 121 Å². The molecule has 3 rings (SSSR count). The number of ether oxygens (including phenoxy) is 1. The van der Waals surface area contributed by atoms with Gasteiger partial charge in [-0.05, 0) is 36.8 Å². The number of nitrogens with zero attached hydrogens (tertiary/aromatic N) is 2. The number of hydrogen-bond donors (Lipinski definition) is 3. The second kappa shape index (κ2) is 7.95. The summed E-state index contributed by atoms with van der Waals surface area (Å²) in [4.78, 5) is 27.1. The summed E-state index contributed by atoms with van der Waals surface area (Å²) in [6, 6.07) is 4.15. The number of carboxylic acids is 2. The Morgan fingerprint density at radius 1 is 1.39 bits per heavy atom. The molecule has 0 amide bonds. The van der Waals surface area contributed by atoms with Crippen LogP contribution in [0.25, 0.3) is 11.6 Å². The van der Waals surface area contributed by atoms with Gasteiger partial charge in [0.2, 0.25) is 5.88 Å². The van der Waals surface area contributed by atoms with Crippen LogP contribution in [0.3, 0.4) is 0 Å². The van der Waals surface area contributed by atoms with E-state index in [9.17, 15) is 19.8 Å². The van der Waals surface area contributed by atoms with Crippen LogP contribution in [0.15, 0.2) is 23.2 Å². The van der Waals surface area contributed by atoms with Crippen molar-refractivity contribution < 1.29 is 29.6 Å². The van der Waals surface area contributed by atoms with E-state index in [-0.39, 0.29) is 22.7 Å². The summed E-state index contributed by atoms with van der Waals surface area (Å²) in [7, 11) is 1.56. The zero-order valence-electron chi connectivity index (χ0n) is 14.7. The molecule has 0 saturated heterocycles. The van der Waals surface area contributed by atoms with Gasteiger partial charge >= 0.3 is 11.9 Å².